The van der Waals surface area contributed by atoms with Gasteiger partial charge in [0.05, 0.1) is 33.9 Å². The lowest BCUT2D eigenvalue weighted by Gasteiger charge is -2.34. The van der Waals surface area contributed by atoms with Crippen LogP contribution >= 0.6 is 11.6 Å². The second kappa shape index (κ2) is 10.6. The summed E-state index contributed by atoms with van der Waals surface area (Å²) in [5, 5.41) is 3.05. The molecule has 1 amide bonds. The van der Waals surface area contributed by atoms with E-state index in [0.29, 0.717) is 22.1 Å². The molecule has 13 heteroatoms. The number of anilines is 3. The number of halogens is 1. The molecule has 10 nitrogen and oxygen atoms in total. The topological polar surface area (TPSA) is 135 Å². The minimum atomic E-state index is -4.04. The molecule has 0 bridgehead atoms. The lowest BCUT2D eigenvalue weighted by Crippen LogP contribution is -2.48. The minimum absolute atomic E-state index is 0.0134. The van der Waals surface area contributed by atoms with E-state index < -0.39 is 32.1 Å². The number of pyridine rings is 1. The molecular weight excluding hydrogens is 564 g/mol. The van der Waals surface area contributed by atoms with Crippen LogP contribution in [0.25, 0.3) is 0 Å². The van der Waals surface area contributed by atoms with Crippen molar-refractivity contribution in [2.75, 3.05) is 20.9 Å². The smallest absolute Gasteiger partial charge is 0.267 e. The zero-order valence-corrected chi connectivity index (χ0v) is 22.4. The predicted molar refractivity (Wildman–Crippen MR) is 147 cm³/mol. The van der Waals surface area contributed by atoms with Crippen LogP contribution < -0.4 is 19.1 Å². The van der Waals surface area contributed by atoms with E-state index in [2.05, 4.69) is 15.0 Å². The number of fused-ring (bicyclic) bond motifs is 1. The summed E-state index contributed by atoms with van der Waals surface area (Å²) < 4.78 is 61.6. The van der Waals surface area contributed by atoms with Gasteiger partial charge < -0.3 is 10.1 Å². The molecule has 5 rings (SSSR count). The molecule has 0 radical (unpaired) electrons. The fourth-order valence-corrected chi connectivity index (χ4v) is 6.52. The van der Waals surface area contributed by atoms with Crippen molar-refractivity contribution < 1.29 is 26.4 Å². The third kappa shape index (κ3) is 5.67. The van der Waals surface area contributed by atoms with Gasteiger partial charge in [-0.15, -0.1) is 0 Å². The Morgan fingerprint density at radius 1 is 0.872 bits per heavy atom. The van der Waals surface area contributed by atoms with Crippen LogP contribution in [0.15, 0.2) is 107 Å². The standard InChI is InChI=1S/C26H21ClN4O6S2/c27-18-7-11-22(12-8-18)39(35,36)31-17-25(37-24-6-2-1-5-23(24)31)26(32)29-19-9-13-21(14-10-19)38(33,34)30-20-4-3-15-28-16-20/h1-16,25,30H,17H2,(H,29,32)/t25-/m0/s1. The molecule has 2 heterocycles. The van der Waals surface area contributed by atoms with E-state index in [1.54, 1.807) is 36.4 Å². The van der Waals surface area contributed by atoms with Gasteiger partial charge in [-0.2, -0.15) is 0 Å². The van der Waals surface area contributed by atoms with E-state index in [0.717, 1.165) is 4.31 Å². The normalized spacial score (nSPS) is 15.1. The monoisotopic (exact) mass is 584 g/mol. The van der Waals surface area contributed by atoms with Gasteiger partial charge in [-0.1, -0.05) is 23.7 Å². The summed E-state index contributed by atoms with van der Waals surface area (Å²) in [7, 11) is -7.92. The highest BCUT2D eigenvalue weighted by atomic mass is 35.5. The molecule has 0 unspecified atom stereocenters. The summed E-state index contributed by atoms with van der Waals surface area (Å²) in [4.78, 5) is 17.0. The number of carbonyl (C=O) groups excluding carboxylic acids is 1. The van der Waals surface area contributed by atoms with Crippen molar-refractivity contribution in [3.63, 3.8) is 0 Å². The Hall–Kier alpha value is -4.13. The lowest BCUT2D eigenvalue weighted by atomic mass is 10.2. The molecule has 39 heavy (non-hydrogen) atoms. The Bertz CT molecular complexity index is 1720. The molecule has 0 saturated carbocycles. The van der Waals surface area contributed by atoms with E-state index in [4.69, 9.17) is 16.3 Å². The van der Waals surface area contributed by atoms with Crippen molar-refractivity contribution in [1.29, 1.82) is 0 Å². The lowest BCUT2D eigenvalue weighted by molar-refractivity contribution is -0.122. The van der Waals surface area contributed by atoms with Crippen molar-refractivity contribution in [2.45, 2.75) is 15.9 Å². The summed E-state index contributed by atoms with van der Waals surface area (Å²) in [5.74, 6) is -0.380. The zero-order valence-electron chi connectivity index (χ0n) is 20.1. The van der Waals surface area contributed by atoms with Crippen molar-refractivity contribution in [3.8, 4) is 5.75 Å². The third-order valence-corrected chi connectivity index (χ3v) is 9.22. The SMILES string of the molecule is O=C(Nc1ccc(S(=O)(=O)Nc2cccnc2)cc1)[C@@H]1CN(S(=O)(=O)c2ccc(Cl)cc2)c2ccccc2O1. The van der Waals surface area contributed by atoms with E-state index in [9.17, 15) is 21.6 Å². The van der Waals surface area contributed by atoms with Gasteiger partial charge in [-0.3, -0.25) is 18.8 Å². The first kappa shape index (κ1) is 26.5. The number of benzene rings is 3. The molecule has 3 aromatic carbocycles. The van der Waals surface area contributed by atoms with E-state index >= 15 is 0 Å². The molecule has 1 aliphatic rings. The van der Waals surface area contributed by atoms with Gasteiger partial charge in [0.25, 0.3) is 26.0 Å². The van der Waals surface area contributed by atoms with Crippen LogP contribution in [0, 0.1) is 0 Å². The number of para-hydroxylation sites is 2. The number of hydrogen-bond donors (Lipinski definition) is 2. The Balaban J connectivity index is 1.34. The predicted octanol–water partition coefficient (Wildman–Crippen LogP) is 4.13. The number of nitrogens with one attached hydrogen (secondary N) is 2. The van der Waals surface area contributed by atoms with E-state index in [-0.39, 0.29) is 22.1 Å². The molecule has 1 aromatic heterocycles. The van der Waals surface area contributed by atoms with Crippen molar-refractivity contribution >= 4 is 54.6 Å². The number of aromatic nitrogens is 1. The number of sulfonamides is 2. The van der Waals surface area contributed by atoms with Gasteiger partial charge in [0.1, 0.15) is 5.75 Å². The first-order valence-corrected chi connectivity index (χ1v) is 14.8. The molecule has 1 aliphatic heterocycles. The molecule has 1 atom stereocenters. The van der Waals surface area contributed by atoms with Crippen molar-refractivity contribution in [3.05, 3.63) is 102 Å². The highest BCUT2D eigenvalue weighted by molar-refractivity contribution is 7.93. The fourth-order valence-electron chi connectivity index (χ4n) is 3.88. The zero-order chi connectivity index (χ0) is 27.6. The number of hydrogen-bond acceptors (Lipinski definition) is 7. The Morgan fingerprint density at radius 3 is 2.26 bits per heavy atom. The molecule has 2 N–H and O–H groups in total. The Kier molecular flexibility index (Phi) is 7.17. The van der Waals surface area contributed by atoms with Gasteiger partial charge in [0, 0.05) is 16.9 Å². The minimum Gasteiger partial charge on any atom is -0.476 e. The summed E-state index contributed by atoms with van der Waals surface area (Å²) in [6, 6.07) is 20.9. The number of nitrogens with zero attached hydrogens (tertiary/aromatic N) is 2. The molecular formula is C26H21ClN4O6S2. The summed E-state index contributed by atoms with van der Waals surface area (Å²) >= 11 is 5.92. The van der Waals surface area contributed by atoms with Crippen LogP contribution in [0.5, 0.6) is 5.75 Å². The second-order valence-electron chi connectivity index (χ2n) is 8.43. The molecule has 0 saturated heterocycles. The number of ether oxygens (including phenoxy) is 1. The highest BCUT2D eigenvalue weighted by Gasteiger charge is 2.37. The first-order valence-electron chi connectivity index (χ1n) is 11.5. The maximum atomic E-state index is 13.5. The van der Waals surface area contributed by atoms with Crippen LogP contribution in [0.3, 0.4) is 0 Å². The number of carbonyl (C=O) groups is 1. The quantitative estimate of drug-likeness (QED) is 0.333. The van der Waals surface area contributed by atoms with Crippen molar-refractivity contribution in [2.24, 2.45) is 0 Å². The van der Waals surface area contributed by atoms with Gasteiger partial charge in [0.15, 0.2) is 6.10 Å². The van der Waals surface area contributed by atoms with Crippen LogP contribution in [0.4, 0.5) is 17.1 Å². The van der Waals surface area contributed by atoms with Gasteiger partial charge in [-0.25, -0.2) is 16.8 Å². The van der Waals surface area contributed by atoms with E-state index in [1.165, 1.54) is 60.9 Å². The number of rotatable bonds is 7. The Labute approximate surface area is 230 Å². The van der Waals surface area contributed by atoms with E-state index in [1.807, 2.05) is 0 Å². The van der Waals surface area contributed by atoms with Crippen LogP contribution in [-0.2, 0) is 24.8 Å². The average molecular weight is 585 g/mol. The van der Waals surface area contributed by atoms with Gasteiger partial charge >= 0.3 is 0 Å². The van der Waals surface area contributed by atoms with Crippen LogP contribution in [0.1, 0.15) is 0 Å². The van der Waals surface area contributed by atoms with Gasteiger partial charge in [-0.05, 0) is 72.8 Å². The second-order valence-corrected chi connectivity index (χ2v) is 12.4. The molecule has 4 aromatic rings. The molecule has 0 aliphatic carbocycles. The Morgan fingerprint density at radius 2 is 1.56 bits per heavy atom. The highest BCUT2D eigenvalue weighted by Crippen LogP contribution is 2.37. The number of amides is 1. The van der Waals surface area contributed by atoms with Gasteiger partial charge in [0.2, 0.25) is 0 Å². The summed E-state index contributed by atoms with van der Waals surface area (Å²) in [6.45, 7) is -0.282. The average Bonchev–Trinajstić information content (AvgIpc) is 2.93. The maximum Gasteiger partial charge on any atom is 0.267 e. The van der Waals surface area contributed by atoms with Crippen molar-refractivity contribution in [1.82, 2.24) is 4.98 Å². The fraction of sp³-hybridized carbons (Fsp3) is 0.0769. The summed E-state index contributed by atoms with van der Waals surface area (Å²) in [5.41, 5.74) is 0.907. The maximum absolute atomic E-state index is 13.5. The van der Waals surface area contributed by atoms with Crippen LogP contribution in [-0.4, -0.2) is 40.4 Å². The molecule has 0 fully saturated rings. The van der Waals surface area contributed by atoms with Crippen LogP contribution in [0.2, 0.25) is 5.02 Å². The third-order valence-electron chi connectivity index (χ3n) is 5.77. The largest absolute Gasteiger partial charge is 0.476 e. The summed E-state index contributed by atoms with van der Waals surface area (Å²) in [6.07, 6.45) is 1.72. The molecule has 200 valence electrons. The molecule has 0 spiro atoms. The first-order chi connectivity index (χ1) is 18.6.